The topological polar surface area (TPSA) is 15.7 Å². The number of thioether (sulfide) groups is 1. The van der Waals surface area contributed by atoms with Gasteiger partial charge in [0.25, 0.3) is 0 Å². The Kier molecular flexibility index (Phi) is 5.65. The summed E-state index contributed by atoms with van der Waals surface area (Å²) in [5.74, 6) is 1.02. The smallest absolute Gasteiger partial charge is 0.109 e. The van der Waals surface area contributed by atoms with Crippen LogP contribution in [0.25, 0.3) is 0 Å². The van der Waals surface area contributed by atoms with Crippen molar-refractivity contribution < 1.29 is 4.74 Å². The van der Waals surface area contributed by atoms with Crippen LogP contribution in [-0.4, -0.2) is 56.2 Å². The molecule has 4 rings (SSSR count). The fourth-order valence-corrected chi connectivity index (χ4v) is 4.87. The summed E-state index contributed by atoms with van der Waals surface area (Å²) < 4.78 is 6.53. The number of fused-ring (bicyclic) bond motifs is 2. The van der Waals surface area contributed by atoms with Crippen LogP contribution in [0.4, 0.5) is 0 Å². The van der Waals surface area contributed by atoms with E-state index in [0.717, 1.165) is 45.1 Å². The van der Waals surface area contributed by atoms with E-state index in [2.05, 4.69) is 66.2 Å². The molecule has 2 aromatic carbocycles. The van der Waals surface area contributed by atoms with Crippen molar-refractivity contribution in [2.45, 2.75) is 23.7 Å². The average molecular weight is 369 g/mol. The van der Waals surface area contributed by atoms with E-state index in [0.29, 0.717) is 0 Å². The van der Waals surface area contributed by atoms with E-state index in [-0.39, 0.29) is 6.10 Å². The second kappa shape index (κ2) is 8.13. The van der Waals surface area contributed by atoms with E-state index >= 15 is 0 Å². The molecule has 1 fully saturated rings. The van der Waals surface area contributed by atoms with E-state index in [9.17, 15) is 0 Å². The lowest BCUT2D eigenvalue weighted by atomic mass is 9.96. The predicted octanol–water partition coefficient (Wildman–Crippen LogP) is 3.95. The Labute approximate surface area is 161 Å². The van der Waals surface area contributed by atoms with Crippen LogP contribution in [0.2, 0.25) is 0 Å². The molecule has 0 spiro atoms. The minimum absolute atomic E-state index is 0.0450. The van der Waals surface area contributed by atoms with Gasteiger partial charge in [-0.15, -0.1) is 11.8 Å². The van der Waals surface area contributed by atoms with Crippen LogP contribution in [0.1, 0.15) is 28.4 Å². The number of benzene rings is 2. The molecule has 0 N–H and O–H groups in total. The molecule has 0 aromatic heterocycles. The van der Waals surface area contributed by atoms with Gasteiger partial charge in [-0.05, 0) is 36.7 Å². The highest BCUT2D eigenvalue weighted by Crippen LogP contribution is 2.41. The van der Waals surface area contributed by atoms with Gasteiger partial charge < -0.3 is 9.64 Å². The van der Waals surface area contributed by atoms with Crippen molar-refractivity contribution in [3.63, 3.8) is 0 Å². The molecular weight excluding hydrogens is 340 g/mol. The second-order valence-corrected chi connectivity index (χ2v) is 8.44. The van der Waals surface area contributed by atoms with Gasteiger partial charge in [-0.25, -0.2) is 0 Å². The second-order valence-electron chi connectivity index (χ2n) is 7.42. The summed E-state index contributed by atoms with van der Waals surface area (Å²) in [4.78, 5) is 6.28. The number of rotatable bonds is 4. The van der Waals surface area contributed by atoms with Crippen LogP contribution in [0.5, 0.6) is 0 Å². The monoisotopic (exact) mass is 368 g/mol. The summed E-state index contributed by atoms with van der Waals surface area (Å²) in [5, 5.41) is 0. The number of likely N-dealkylation sites (N-methyl/N-ethyl adjacent to an activating group) is 1. The molecular formula is C22H28N2OS. The van der Waals surface area contributed by atoms with Crippen molar-refractivity contribution in [2.75, 3.05) is 46.4 Å². The Morgan fingerprint density at radius 2 is 1.85 bits per heavy atom. The zero-order valence-corrected chi connectivity index (χ0v) is 16.6. The predicted molar refractivity (Wildman–Crippen MR) is 109 cm³/mol. The molecule has 0 saturated carbocycles. The first-order valence-corrected chi connectivity index (χ1v) is 10.5. The normalized spacial score (nSPS) is 21.1. The maximum Gasteiger partial charge on any atom is 0.109 e. The first kappa shape index (κ1) is 18.1. The van der Waals surface area contributed by atoms with Gasteiger partial charge in [0, 0.05) is 43.4 Å². The summed E-state index contributed by atoms with van der Waals surface area (Å²) in [6, 6.07) is 15.6. The molecule has 0 aliphatic carbocycles. The SMILES string of the molecule is Cc1ccc2c(c1)C(OCCN1CCN(C)CC1)c1ccccc1CS2. The Morgan fingerprint density at radius 3 is 2.69 bits per heavy atom. The quantitative estimate of drug-likeness (QED) is 0.811. The molecule has 138 valence electrons. The van der Waals surface area contributed by atoms with Gasteiger partial charge in [0.2, 0.25) is 0 Å². The van der Waals surface area contributed by atoms with E-state index in [1.54, 1.807) is 0 Å². The zero-order chi connectivity index (χ0) is 17.9. The number of aryl methyl sites for hydroxylation is 1. The maximum absolute atomic E-state index is 6.53. The summed E-state index contributed by atoms with van der Waals surface area (Å²) in [5.41, 5.74) is 5.37. The van der Waals surface area contributed by atoms with Crippen LogP contribution in [0.3, 0.4) is 0 Å². The van der Waals surface area contributed by atoms with E-state index in [1.165, 1.54) is 27.1 Å². The summed E-state index contributed by atoms with van der Waals surface area (Å²) in [6.07, 6.45) is 0.0450. The van der Waals surface area contributed by atoms with Gasteiger partial charge >= 0.3 is 0 Å². The largest absolute Gasteiger partial charge is 0.367 e. The number of hydrogen-bond acceptors (Lipinski definition) is 4. The third-order valence-corrected chi connectivity index (χ3v) is 6.59. The lowest BCUT2D eigenvalue weighted by Crippen LogP contribution is -2.45. The molecule has 2 aromatic rings. The van der Waals surface area contributed by atoms with E-state index in [4.69, 9.17) is 4.74 Å². The first-order valence-electron chi connectivity index (χ1n) is 9.54. The molecule has 2 aliphatic rings. The van der Waals surface area contributed by atoms with Crippen molar-refractivity contribution in [1.29, 1.82) is 0 Å². The highest BCUT2D eigenvalue weighted by molar-refractivity contribution is 7.98. The van der Waals surface area contributed by atoms with Crippen LogP contribution in [0, 0.1) is 6.92 Å². The molecule has 1 saturated heterocycles. The van der Waals surface area contributed by atoms with Crippen molar-refractivity contribution in [1.82, 2.24) is 9.80 Å². The average Bonchev–Trinajstić information content (AvgIpc) is 2.81. The molecule has 3 nitrogen and oxygen atoms in total. The fourth-order valence-electron chi connectivity index (χ4n) is 3.80. The minimum atomic E-state index is 0.0450. The van der Waals surface area contributed by atoms with Crippen LogP contribution in [0.15, 0.2) is 47.4 Å². The highest BCUT2D eigenvalue weighted by atomic mass is 32.2. The minimum Gasteiger partial charge on any atom is -0.367 e. The standard InChI is InChI=1S/C22H28N2OS/c1-17-7-8-21-20(15-17)22(19-6-4-3-5-18(19)16-26-21)25-14-13-24-11-9-23(2)10-12-24/h3-8,15,22H,9-14,16H2,1-2H3. The molecule has 1 unspecified atom stereocenters. The number of hydrogen-bond donors (Lipinski definition) is 0. The van der Waals surface area contributed by atoms with Crippen molar-refractivity contribution >= 4 is 11.8 Å². The Balaban J connectivity index is 1.53. The Morgan fingerprint density at radius 1 is 1.04 bits per heavy atom. The number of piperazine rings is 1. The molecule has 26 heavy (non-hydrogen) atoms. The Hall–Kier alpha value is -1.33. The Bertz CT molecular complexity index is 756. The van der Waals surface area contributed by atoms with E-state index in [1.807, 2.05) is 11.8 Å². The van der Waals surface area contributed by atoms with Crippen molar-refractivity contribution in [3.05, 3.63) is 64.7 Å². The lowest BCUT2D eigenvalue weighted by molar-refractivity contribution is 0.0471. The third kappa shape index (κ3) is 3.99. The number of nitrogens with zero attached hydrogens (tertiary/aromatic N) is 2. The first-order chi connectivity index (χ1) is 12.7. The van der Waals surface area contributed by atoms with Gasteiger partial charge in [0.05, 0.1) is 6.61 Å². The summed E-state index contributed by atoms with van der Waals surface area (Å²) in [7, 11) is 2.20. The molecule has 0 bridgehead atoms. The molecule has 0 radical (unpaired) electrons. The van der Waals surface area contributed by atoms with Gasteiger partial charge in [-0.1, -0.05) is 42.0 Å². The maximum atomic E-state index is 6.53. The van der Waals surface area contributed by atoms with Crippen LogP contribution in [-0.2, 0) is 10.5 Å². The van der Waals surface area contributed by atoms with Crippen molar-refractivity contribution in [3.8, 4) is 0 Å². The summed E-state index contributed by atoms with van der Waals surface area (Å²) >= 11 is 1.93. The van der Waals surface area contributed by atoms with Gasteiger partial charge in [-0.3, -0.25) is 4.90 Å². The molecule has 0 amide bonds. The third-order valence-electron chi connectivity index (χ3n) is 5.46. The lowest BCUT2D eigenvalue weighted by Gasteiger charge is -2.32. The molecule has 1 atom stereocenters. The molecule has 2 aliphatic heterocycles. The van der Waals surface area contributed by atoms with Gasteiger partial charge in [-0.2, -0.15) is 0 Å². The number of ether oxygens (including phenoxy) is 1. The van der Waals surface area contributed by atoms with Gasteiger partial charge in [0.1, 0.15) is 6.10 Å². The molecule has 4 heteroatoms. The van der Waals surface area contributed by atoms with Gasteiger partial charge in [0.15, 0.2) is 0 Å². The molecule has 2 heterocycles. The fraction of sp³-hybridized carbons (Fsp3) is 0.455. The van der Waals surface area contributed by atoms with Crippen LogP contribution < -0.4 is 0 Å². The van der Waals surface area contributed by atoms with Crippen molar-refractivity contribution in [2.24, 2.45) is 0 Å². The summed E-state index contributed by atoms with van der Waals surface area (Å²) in [6.45, 7) is 8.57. The zero-order valence-electron chi connectivity index (χ0n) is 15.8. The highest BCUT2D eigenvalue weighted by Gasteiger charge is 2.25. The van der Waals surface area contributed by atoms with E-state index < -0.39 is 0 Å². The van der Waals surface area contributed by atoms with Crippen LogP contribution >= 0.6 is 11.8 Å².